The van der Waals surface area contributed by atoms with Crippen molar-refractivity contribution in [1.29, 1.82) is 0 Å². The van der Waals surface area contributed by atoms with Crippen LogP contribution in [-0.4, -0.2) is 13.0 Å². The normalized spacial score (nSPS) is 11.5. The molecular weight excluding hydrogens is 192 g/mol. The smallest absolute Gasteiger partial charge is 0.294 e. The minimum Gasteiger partial charge on any atom is -0.301 e. The van der Waals surface area contributed by atoms with Crippen LogP contribution in [0.15, 0.2) is 17.0 Å². The van der Waals surface area contributed by atoms with Crippen molar-refractivity contribution >= 4 is 21.5 Å². The van der Waals surface area contributed by atoms with Gasteiger partial charge in [-0.15, -0.1) is 0 Å². The summed E-state index contributed by atoms with van der Waals surface area (Å²) in [4.78, 5) is -0.409. The van der Waals surface area contributed by atoms with Crippen LogP contribution in [0.4, 0.5) is 11.4 Å². The lowest BCUT2D eigenvalue weighted by atomic mass is 10.2. The van der Waals surface area contributed by atoms with E-state index < -0.39 is 15.0 Å². The van der Waals surface area contributed by atoms with Crippen LogP contribution < -0.4 is 11.5 Å². The van der Waals surface area contributed by atoms with Gasteiger partial charge in [-0.3, -0.25) is 4.55 Å². The molecule has 0 saturated heterocycles. The summed E-state index contributed by atoms with van der Waals surface area (Å²) in [6, 6.07) is 2.03. The van der Waals surface area contributed by atoms with E-state index in [4.69, 9.17) is 16.0 Å². The molecule has 1 aromatic carbocycles. The molecule has 1 rings (SSSR count). The third-order valence-electron chi connectivity index (χ3n) is 1.68. The first kappa shape index (κ1) is 9.82. The second-order valence-electron chi connectivity index (χ2n) is 2.62. The fourth-order valence-electron chi connectivity index (χ4n) is 0.837. The molecule has 6 heteroatoms. The first-order chi connectivity index (χ1) is 5.82. The van der Waals surface area contributed by atoms with Gasteiger partial charge in [-0.05, 0) is 24.6 Å². The van der Waals surface area contributed by atoms with Gasteiger partial charge in [-0.1, -0.05) is 0 Å². The third kappa shape index (κ3) is 1.90. The van der Waals surface area contributed by atoms with Crippen molar-refractivity contribution in [2.24, 2.45) is 0 Å². The zero-order valence-corrected chi connectivity index (χ0v) is 7.64. The molecule has 0 atom stereocenters. The number of hydrogen-bond acceptors (Lipinski definition) is 2. The predicted octanol–water partition coefficient (Wildman–Crippen LogP) is 1.07. The van der Waals surface area contributed by atoms with E-state index in [1.165, 1.54) is 0 Å². The van der Waals surface area contributed by atoms with E-state index in [-0.39, 0.29) is 11.4 Å². The highest BCUT2D eigenvalue weighted by molar-refractivity contribution is 7.85. The molecule has 5 nitrogen and oxygen atoms in total. The summed E-state index contributed by atoms with van der Waals surface area (Å²) in [5.41, 5.74) is 14.8. The van der Waals surface area contributed by atoms with E-state index in [0.717, 1.165) is 12.1 Å². The molecule has 2 radical (unpaired) electrons. The highest BCUT2D eigenvalue weighted by Gasteiger charge is 2.13. The maximum atomic E-state index is 10.6. The van der Waals surface area contributed by atoms with E-state index in [1.807, 2.05) is 0 Å². The lowest BCUT2D eigenvalue weighted by Crippen LogP contribution is -1.99. The van der Waals surface area contributed by atoms with E-state index in [2.05, 4.69) is 0 Å². The van der Waals surface area contributed by atoms with Crippen molar-refractivity contribution in [3.63, 3.8) is 0 Å². The van der Waals surface area contributed by atoms with Crippen molar-refractivity contribution < 1.29 is 13.0 Å². The molecule has 0 aromatic heterocycles. The molecule has 0 bridgehead atoms. The van der Waals surface area contributed by atoms with Crippen molar-refractivity contribution in [1.82, 2.24) is 11.5 Å². The highest BCUT2D eigenvalue weighted by atomic mass is 32.2. The van der Waals surface area contributed by atoms with E-state index in [0.29, 0.717) is 5.56 Å². The fraction of sp³-hybridized carbons (Fsp3) is 0.143. The minimum atomic E-state index is -4.30. The SMILES string of the molecule is Cc1c([NH])cc(S(=O)(=O)O)cc1[NH]. The molecule has 13 heavy (non-hydrogen) atoms. The molecule has 70 valence electrons. The van der Waals surface area contributed by atoms with Crippen molar-refractivity contribution in [3.05, 3.63) is 17.7 Å². The highest BCUT2D eigenvalue weighted by Crippen LogP contribution is 2.25. The molecule has 3 N–H and O–H groups in total. The van der Waals surface area contributed by atoms with Gasteiger partial charge in [0.1, 0.15) is 0 Å². The topological polar surface area (TPSA) is 102 Å². The third-order valence-corrected chi connectivity index (χ3v) is 2.51. The maximum Gasteiger partial charge on any atom is 0.294 e. The Kier molecular flexibility index (Phi) is 2.19. The van der Waals surface area contributed by atoms with E-state index in [9.17, 15) is 8.42 Å². The van der Waals surface area contributed by atoms with Crippen LogP contribution in [0.5, 0.6) is 0 Å². The zero-order valence-electron chi connectivity index (χ0n) is 6.83. The van der Waals surface area contributed by atoms with Gasteiger partial charge in [-0.25, -0.2) is 0 Å². The summed E-state index contributed by atoms with van der Waals surface area (Å²) in [6.07, 6.45) is 0. The van der Waals surface area contributed by atoms with Crippen molar-refractivity contribution in [2.45, 2.75) is 11.8 Å². The number of benzene rings is 1. The largest absolute Gasteiger partial charge is 0.301 e. The quantitative estimate of drug-likeness (QED) is 0.685. The Balaban J connectivity index is 3.47. The zero-order chi connectivity index (χ0) is 10.2. The van der Waals surface area contributed by atoms with Gasteiger partial charge < -0.3 is 11.5 Å². The van der Waals surface area contributed by atoms with Crippen LogP contribution in [0.2, 0.25) is 0 Å². The van der Waals surface area contributed by atoms with Crippen LogP contribution in [0.1, 0.15) is 5.56 Å². The lowest BCUT2D eigenvalue weighted by Gasteiger charge is -2.04. The van der Waals surface area contributed by atoms with Crippen molar-refractivity contribution in [3.8, 4) is 0 Å². The minimum absolute atomic E-state index is 0.0693. The standard InChI is InChI=1S/C7H8N2O3S/c1-4-6(8)2-5(3-7(4)9)13(10,11)12/h2-3,8-9H,1H3,(H,10,11,12). The number of rotatable bonds is 1. The van der Waals surface area contributed by atoms with Gasteiger partial charge in [0.2, 0.25) is 0 Å². The molecule has 0 aliphatic carbocycles. The number of hydrogen-bond donors (Lipinski definition) is 1. The van der Waals surface area contributed by atoms with Gasteiger partial charge in [0.15, 0.2) is 0 Å². The Hall–Kier alpha value is -1.27. The van der Waals surface area contributed by atoms with Crippen LogP contribution >= 0.6 is 0 Å². The molecule has 0 spiro atoms. The van der Waals surface area contributed by atoms with Crippen LogP contribution in [0, 0.1) is 6.92 Å². The first-order valence-electron chi connectivity index (χ1n) is 3.37. The molecule has 0 aliphatic heterocycles. The molecule has 0 unspecified atom stereocenters. The molecule has 0 heterocycles. The van der Waals surface area contributed by atoms with E-state index >= 15 is 0 Å². The predicted molar refractivity (Wildman–Crippen MR) is 46.5 cm³/mol. The molecule has 0 saturated carbocycles. The summed E-state index contributed by atoms with van der Waals surface area (Å²) in [6.45, 7) is 1.54. The van der Waals surface area contributed by atoms with Crippen LogP contribution in [0.3, 0.4) is 0 Å². The second-order valence-corrected chi connectivity index (χ2v) is 4.04. The summed E-state index contributed by atoms with van der Waals surface area (Å²) in [7, 11) is -4.30. The average Bonchev–Trinajstić information content (AvgIpc) is 1.97. The first-order valence-corrected chi connectivity index (χ1v) is 4.81. The lowest BCUT2D eigenvalue weighted by molar-refractivity contribution is 0.483. The fourth-order valence-corrected chi connectivity index (χ4v) is 1.37. The van der Waals surface area contributed by atoms with Crippen LogP contribution in [-0.2, 0) is 10.1 Å². The van der Waals surface area contributed by atoms with Gasteiger partial charge in [0.25, 0.3) is 10.1 Å². The van der Waals surface area contributed by atoms with Gasteiger partial charge in [0, 0.05) is 0 Å². The molecule has 1 aromatic rings. The Bertz CT molecular complexity index is 416. The summed E-state index contributed by atoms with van der Waals surface area (Å²) < 4.78 is 29.9. The number of nitrogens with one attached hydrogen (secondary N) is 2. The second kappa shape index (κ2) is 2.90. The molecule has 0 fully saturated rings. The van der Waals surface area contributed by atoms with Crippen molar-refractivity contribution in [2.75, 3.05) is 0 Å². The van der Waals surface area contributed by atoms with Crippen LogP contribution in [0.25, 0.3) is 0 Å². The summed E-state index contributed by atoms with van der Waals surface area (Å²) >= 11 is 0. The average molecular weight is 200 g/mol. The van der Waals surface area contributed by atoms with Gasteiger partial charge >= 0.3 is 0 Å². The Morgan fingerprint density at radius 2 is 1.62 bits per heavy atom. The maximum absolute atomic E-state index is 10.6. The molecular formula is C7H8N2O3S. The molecule has 0 aliphatic rings. The Labute approximate surface area is 76.1 Å². The molecule has 0 amide bonds. The summed E-state index contributed by atoms with van der Waals surface area (Å²) in [5.74, 6) is 0. The van der Waals surface area contributed by atoms with Gasteiger partial charge in [-0.2, -0.15) is 8.42 Å². The Morgan fingerprint density at radius 1 is 1.23 bits per heavy atom. The van der Waals surface area contributed by atoms with Gasteiger partial charge in [0.05, 0.1) is 16.3 Å². The Morgan fingerprint density at radius 3 is 1.92 bits per heavy atom. The van der Waals surface area contributed by atoms with E-state index in [1.54, 1.807) is 6.92 Å². The monoisotopic (exact) mass is 200 g/mol. The summed E-state index contributed by atoms with van der Waals surface area (Å²) in [5, 5.41) is 0.